The van der Waals surface area contributed by atoms with Gasteiger partial charge in [0.1, 0.15) is 0 Å². The van der Waals surface area contributed by atoms with Gasteiger partial charge in [-0.05, 0) is 43.9 Å². The van der Waals surface area contributed by atoms with E-state index in [1.165, 1.54) is 16.8 Å². The first-order valence-corrected chi connectivity index (χ1v) is 8.01. The molecule has 0 spiro atoms. The minimum absolute atomic E-state index is 0.0554. The van der Waals surface area contributed by atoms with Crippen LogP contribution in [0, 0.1) is 6.92 Å². The Morgan fingerprint density at radius 1 is 1.22 bits per heavy atom. The van der Waals surface area contributed by atoms with E-state index in [1.807, 2.05) is 19.0 Å². The van der Waals surface area contributed by atoms with Crippen LogP contribution in [-0.4, -0.2) is 35.6 Å². The predicted molar refractivity (Wildman–Crippen MR) is 93.8 cm³/mol. The van der Waals surface area contributed by atoms with Crippen LogP contribution in [0.2, 0.25) is 0 Å². The molecule has 3 rings (SSSR count). The summed E-state index contributed by atoms with van der Waals surface area (Å²) in [4.78, 5) is 17.4. The van der Waals surface area contributed by atoms with E-state index in [0.29, 0.717) is 5.95 Å². The molecule has 0 aliphatic carbocycles. The highest BCUT2D eigenvalue weighted by Crippen LogP contribution is 2.34. The maximum Gasteiger partial charge on any atom is 0.229 e. The molecule has 1 aromatic heterocycles. The summed E-state index contributed by atoms with van der Waals surface area (Å²) in [5.74, 6) is 1.59. The van der Waals surface area contributed by atoms with E-state index in [0.717, 1.165) is 25.2 Å². The van der Waals surface area contributed by atoms with Crippen molar-refractivity contribution in [2.45, 2.75) is 32.7 Å². The van der Waals surface area contributed by atoms with Crippen LogP contribution < -0.4 is 15.5 Å². The largest absolute Gasteiger partial charge is 0.368 e. The van der Waals surface area contributed by atoms with Gasteiger partial charge in [-0.25, -0.2) is 0 Å². The first-order chi connectivity index (χ1) is 11.0. The topological polar surface area (TPSA) is 71.2 Å². The van der Waals surface area contributed by atoms with Crippen LogP contribution in [0.3, 0.4) is 0 Å². The van der Waals surface area contributed by atoms with Crippen molar-refractivity contribution in [2.24, 2.45) is 0 Å². The number of aromatic nitrogens is 3. The lowest BCUT2D eigenvalue weighted by molar-refractivity contribution is 0.588. The molecule has 0 radical (unpaired) electrons. The van der Waals surface area contributed by atoms with Gasteiger partial charge in [-0.3, -0.25) is 0 Å². The second kappa shape index (κ2) is 6.02. The molecule has 2 N–H and O–H groups in total. The average molecular weight is 312 g/mol. The lowest BCUT2D eigenvalue weighted by Gasteiger charge is -2.36. The summed E-state index contributed by atoms with van der Waals surface area (Å²) < 4.78 is 0. The van der Waals surface area contributed by atoms with E-state index in [-0.39, 0.29) is 12.0 Å². The summed E-state index contributed by atoms with van der Waals surface area (Å²) in [5.41, 5.74) is 9.94. The molecule has 1 aliphatic rings. The van der Waals surface area contributed by atoms with Crippen molar-refractivity contribution < 1.29 is 0 Å². The Bertz CT molecular complexity index is 712. The molecule has 0 fully saturated rings. The van der Waals surface area contributed by atoms with Gasteiger partial charge < -0.3 is 15.5 Å². The quantitative estimate of drug-likeness (QED) is 0.938. The van der Waals surface area contributed by atoms with Crippen LogP contribution in [0.25, 0.3) is 0 Å². The Hall–Kier alpha value is -2.37. The molecule has 0 amide bonds. The first-order valence-electron chi connectivity index (χ1n) is 8.01. The molecule has 0 saturated heterocycles. The van der Waals surface area contributed by atoms with E-state index in [4.69, 9.17) is 5.73 Å². The van der Waals surface area contributed by atoms with Crippen molar-refractivity contribution in [3.8, 4) is 0 Å². The minimum Gasteiger partial charge on any atom is -0.368 e. The number of anilines is 3. The number of hydrogen-bond donors (Lipinski definition) is 1. The average Bonchev–Trinajstić information content (AvgIpc) is 2.53. The lowest BCUT2D eigenvalue weighted by atomic mass is 9.96. The van der Waals surface area contributed by atoms with Gasteiger partial charge in [0.05, 0.1) is 6.04 Å². The highest BCUT2D eigenvalue weighted by atomic mass is 15.3. The van der Waals surface area contributed by atoms with Crippen LogP contribution >= 0.6 is 0 Å². The number of benzene rings is 1. The number of nitrogens with zero attached hydrogens (tertiary/aromatic N) is 5. The van der Waals surface area contributed by atoms with Crippen LogP contribution in [-0.2, 0) is 6.42 Å². The van der Waals surface area contributed by atoms with E-state index in [9.17, 15) is 0 Å². The maximum atomic E-state index is 5.88. The van der Waals surface area contributed by atoms with Gasteiger partial charge in [0.15, 0.2) is 5.82 Å². The Morgan fingerprint density at radius 2 is 2.00 bits per heavy atom. The summed E-state index contributed by atoms with van der Waals surface area (Å²) in [6, 6.07) is 6.54. The Morgan fingerprint density at radius 3 is 2.74 bits per heavy atom. The van der Waals surface area contributed by atoms with Gasteiger partial charge in [0, 0.05) is 26.3 Å². The fraction of sp³-hybridized carbons (Fsp3) is 0.471. The van der Waals surface area contributed by atoms with Crippen LogP contribution in [0.4, 0.5) is 17.6 Å². The molecule has 0 bridgehead atoms. The minimum atomic E-state index is 0.0554. The zero-order chi connectivity index (χ0) is 16.6. The van der Waals surface area contributed by atoms with Gasteiger partial charge in [0.25, 0.3) is 0 Å². The fourth-order valence-electron chi connectivity index (χ4n) is 3.15. The number of nitrogen functional groups attached to an aromatic ring is 1. The highest BCUT2D eigenvalue weighted by molar-refractivity contribution is 5.59. The normalized spacial score (nSPS) is 15.2. The smallest absolute Gasteiger partial charge is 0.229 e. The maximum absolute atomic E-state index is 5.88. The van der Waals surface area contributed by atoms with Crippen molar-refractivity contribution in [2.75, 3.05) is 36.2 Å². The molecule has 1 aromatic carbocycles. The van der Waals surface area contributed by atoms with Gasteiger partial charge in [-0.1, -0.05) is 12.1 Å². The van der Waals surface area contributed by atoms with E-state index in [2.05, 4.69) is 51.9 Å². The van der Waals surface area contributed by atoms with Crippen molar-refractivity contribution in [3.05, 3.63) is 35.2 Å². The molecule has 1 aliphatic heterocycles. The van der Waals surface area contributed by atoms with E-state index < -0.39 is 0 Å². The van der Waals surface area contributed by atoms with Crippen LogP contribution in [0.15, 0.2) is 18.2 Å². The number of fused-ring (bicyclic) bond motifs is 1. The number of nitrogens with two attached hydrogens (primary N) is 1. The molecule has 2 aromatic rings. The van der Waals surface area contributed by atoms with Crippen molar-refractivity contribution in [3.63, 3.8) is 0 Å². The van der Waals surface area contributed by atoms with Gasteiger partial charge >= 0.3 is 0 Å². The first kappa shape index (κ1) is 15.5. The third-order valence-corrected chi connectivity index (χ3v) is 4.42. The Kier molecular flexibility index (Phi) is 4.07. The van der Waals surface area contributed by atoms with E-state index in [1.54, 1.807) is 0 Å². The summed E-state index contributed by atoms with van der Waals surface area (Å²) in [7, 11) is 3.81. The molecule has 23 heavy (non-hydrogen) atoms. The zero-order valence-corrected chi connectivity index (χ0v) is 14.2. The summed E-state index contributed by atoms with van der Waals surface area (Å²) >= 11 is 0. The SMILES string of the molecule is Cc1cccc2c1CCCN2C(C)c1nc(N)nc(N(C)C)n1. The van der Waals surface area contributed by atoms with Crippen molar-refractivity contribution in [1.29, 1.82) is 0 Å². The lowest BCUT2D eigenvalue weighted by Crippen LogP contribution is -2.33. The highest BCUT2D eigenvalue weighted by Gasteiger charge is 2.25. The number of rotatable bonds is 3. The Labute approximate surface area is 137 Å². The number of hydrogen-bond acceptors (Lipinski definition) is 6. The molecule has 1 atom stereocenters. The summed E-state index contributed by atoms with van der Waals surface area (Å²) in [6.07, 6.45) is 2.27. The molecular weight excluding hydrogens is 288 g/mol. The molecule has 0 saturated carbocycles. The zero-order valence-electron chi connectivity index (χ0n) is 14.2. The molecule has 2 heterocycles. The Balaban J connectivity index is 1.99. The summed E-state index contributed by atoms with van der Waals surface area (Å²) in [5, 5.41) is 0. The predicted octanol–water partition coefficient (Wildman–Crippen LogP) is 2.34. The molecule has 1 unspecified atom stereocenters. The third-order valence-electron chi connectivity index (χ3n) is 4.42. The second-order valence-corrected chi connectivity index (χ2v) is 6.29. The van der Waals surface area contributed by atoms with Crippen LogP contribution in [0.5, 0.6) is 0 Å². The monoisotopic (exact) mass is 312 g/mol. The molecule has 6 nitrogen and oxygen atoms in total. The van der Waals surface area contributed by atoms with Crippen molar-refractivity contribution >= 4 is 17.6 Å². The number of aryl methyl sites for hydroxylation is 1. The molecule has 122 valence electrons. The van der Waals surface area contributed by atoms with Gasteiger partial charge in [0.2, 0.25) is 11.9 Å². The standard InChI is InChI=1S/C17H24N6/c1-11-7-5-9-14-13(11)8-6-10-23(14)12(2)15-19-16(18)21-17(20-15)22(3)4/h5,7,9,12H,6,8,10H2,1-4H3,(H2,18,19,20,21). The second-order valence-electron chi connectivity index (χ2n) is 6.29. The van der Waals surface area contributed by atoms with Gasteiger partial charge in [-0.15, -0.1) is 0 Å². The fourth-order valence-corrected chi connectivity index (χ4v) is 3.15. The van der Waals surface area contributed by atoms with Crippen molar-refractivity contribution in [1.82, 2.24) is 15.0 Å². The molecule has 6 heteroatoms. The summed E-state index contributed by atoms with van der Waals surface area (Å²) in [6.45, 7) is 5.31. The third kappa shape index (κ3) is 2.93. The van der Waals surface area contributed by atoms with Crippen LogP contribution in [0.1, 0.15) is 36.3 Å². The van der Waals surface area contributed by atoms with E-state index >= 15 is 0 Å². The molecular formula is C17H24N6. The van der Waals surface area contributed by atoms with Gasteiger partial charge in [-0.2, -0.15) is 15.0 Å².